The van der Waals surface area contributed by atoms with Gasteiger partial charge in [-0.3, -0.25) is 0 Å². The van der Waals surface area contributed by atoms with E-state index in [1.807, 2.05) is 0 Å². The molecule has 1 aromatic heterocycles. The number of fused-ring (bicyclic) bond motifs is 6. The number of hydrogen-bond donors (Lipinski definition) is 0. The molecule has 42 heavy (non-hydrogen) atoms. The van der Waals surface area contributed by atoms with Crippen molar-refractivity contribution in [1.29, 1.82) is 0 Å². The molecule has 2 atom stereocenters. The molecule has 1 saturated carbocycles. The largest absolute Gasteiger partial charge is 0.309 e. The van der Waals surface area contributed by atoms with Gasteiger partial charge in [0.1, 0.15) is 0 Å². The highest BCUT2D eigenvalue weighted by molar-refractivity contribution is 6.14. The Hall–Kier alpha value is -4.88. The highest BCUT2D eigenvalue weighted by Crippen LogP contribution is 2.66. The molecule has 7 aromatic rings. The average Bonchev–Trinajstić information content (AvgIpc) is 3.75. The van der Waals surface area contributed by atoms with Gasteiger partial charge in [-0.15, -0.1) is 0 Å². The lowest BCUT2D eigenvalue weighted by Gasteiger charge is -2.38. The molecule has 1 heteroatoms. The van der Waals surface area contributed by atoms with Crippen LogP contribution in [0, 0.1) is 0 Å². The summed E-state index contributed by atoms with van der Waals surface area (Å²) < 4.78 is 2.61. The summed E-state index contributed by atoms with van der Waals surface area (Å²) in [4.78, 5) is 0. The Kier molecular flexibility index (Phi) is 4.40. The molecular weight excluding hydrogens is 506 g/mol. The number of nitrogens with zero attached hydrogens (tertiary/aromatic N) is 1. The maximum Gasteiger partial charge on any atom is 0.0582 e. The van der Waals surface area contributed by atoms with E-state index in [1.54, 1.807) is 11.1 Å². The minimum absolute atomic E-state index is 0.0792. The van der Waals surface area contributed by atoms with Gasteiger partial charge in [-0.1, -0.05) is 103 Å². The second kappa shape index (κ2) is 8.11. The van der Waals surface area contributed by atoms with Crippen LogP contribution in [0.25, 0.3) is 60.9 Å². The van der Waals surface area contributed by atoms with Crippen molar-refractivity contribution >= 4 is 21.8 Å². The van der Waals surface area contributed by atoms with Gasteiger partial charge in [0.2, 0.25) is 0 Å². The van der Waals surface area contributed by atoms with Crippen molar-refractivity contribution < 1.29 is 0 Å². The molecule has 0 N–H and O–H groups in total. The molecule has 10 rings (SSSR count). The third-order valence-corrected chi connectivity index (χ3v) is 10.5. The summed E-state index contributed by atoms with van der Waals surface area (Å²) in [6, 6.07) is 49.8. The highest BCUT2D eigenvalue weighted by Gasteiger charge is 2.55. The van der Waals surface area contributed by atoms with Gasteiger partial charge in [0, 0.05) is 16.2 Å². The Morgan fingerprint density at radius 3 is 1.98 bits per heavy atom. The fraction of sp³-hybridized carbons (Fsp3) is 0.122. The molecule has 3 aliphatic rings. The molecule has 198 valence electrons. The van der Waals surface area contributed by atoms with Crippen molar-refractivity contribution in [3.63, 3.8) is 0 Å². The lowest BCUT2D eigenvalue weighted by molar-refractivity contribution is 0.544. The molecule has 2 aliphatic carbocycles. The van der Waals surface area contributed by atoms with Crippen LogP contribution in [0.4, 0.5) is 0 Å². The van der Waals surface area contributed by atoms with E-state index in [0.29, 0.717) is 5.92 Å². The normalized spacial score (nSPS) is 19.5. The molecule has 1 nitrogen and oxygen atoms in total. The van der Waals surface area contributed by atoms with E-state index in [9.17, 15) is 0 Å². The van der Waals surface area contributed by atoms with Crippen LogP contribution in [0.3, 0.4) is 0 Å². The van der Waals surface area contributed by atoms with Crippen molar-refractivity contribution in [2.75, 3.05) is 0 Å². The molecule has 1 aliphatic heterocycles. The Bertz CT molecular complexity index is 2210. The van der Waals surface area contributed by atoms with E-state index >= 15 is 0 Å². The first kappa shape index (κ1) is 22.8. The van der Waals surface area contributed by atoms with Gasteiger partial charge in [0.15, 0.2) is 0 Å². The van der Waals surface area contributed by atoms with E-state index in [1.165, 1.54) is 85.7 Å². The SMILES string of the molecule is c1ccc(-c2ccc3c(c2)c2cc(-c4ccccc4)cc4c2n3-c2ccc(-c3ccccc3)c3c2C42CCC3C2)cc1. The van der Waals surface area contributed by atoms with Crippen LogP contribution in [0.1, 0.15) is 41.9 Å². The van der Waals surface area contributed by atoms with Crippen LogP contribution in [-0.4, -0.2) is 4.57 Å². The first-order valence-corrected chi connectivity index (χ1v) is 15.3. The van der Waals surface area contributed by atoms with E-state index in [2.05, 4.69) is 138 Å². The summed E-state index contributed by atoms with van der Waals surface area (Å²) >= 11 is 0. The summed E-state index contributed by atoms with van der Waals surface area (Å²) in [5.74, 6) is 0.617. The van der Waals surface area contributed by atoms with Crippen LogP contribution in [-0.2, 0) is 5.41 Å². The first-order valence-electron chi connectivity index (χ1n) is 15.3. The van der Waals surface area contributed by atoms with Crippen molar-refractivity contribution in [3.8, 4) is 39.1 Å². The van der Waals surface area contributed by atoms with Gasteiger partial charge in [-0.05, 0) is 106 Å². The molecule has 2 heterocycles. The summed E-state index contributed by atoms with van der Waals surface area (Å²) in [6.07, 6.45) is 3.73. The molecule has 2 bridgehead atoms. The quantitative estimate of drug-likeness (QED) is 0.212. The Balaban J connectivity index is 1.35. The molecule has 0 amide bonds. The van der Waals surface area contributed by atoms with Crippen molar-refractivity contribution in [2.45, 2.75) is 30.6 Å². The minimum atomic E-state index is 0.0792. The van der Waals surface area contributed by atoms with Crippen LogP contribution in [0.2, 0.25) is 0 Å². The monoisotopic (exact) mass is 535 g/mol. The third kappa shape index (κ3) is 2.83. The van der Waals surface area contributed by atoms with Crippen molar-refractivity contribution in [1.82, 2.24) is 4.57 Å². The molecule has 1 fully saturated rings. The van der Waals surface area contributed by atoms with E-state index in [0.717, 1.165) is 0 Å². The summed E-state index contributed by atoms with van der Waals surface area (Å²) in [7, 11) is 0. The number of benzene rings is 6. The third-order valence-electron chi connectivity index (χ3n) is 10.5. The number of aromatic nitrogens is 1. The van der Waals surface area contributed by atoms with E-state index in [4.69, 9.17) is 0 Å². The zero-order chi connectivity index (χ0) is 27.4. The second-order valence-electron chi connectivity index (χ2n) is 12.5. The van der Waals surface area contributed by atoms with Gasteiger partial charge in [-0.2, -0.15) is 0 Å². The predicted octanol–water partition coefficient (Wildman–Crippen LogP) is 10.7. The Morgan fingerprint density at radius 2 is 1.24 bits per heavy atom. The molecule has 6 aromatic carbocycles. The molecule has 0 radical (unpaired) electrons. The van der Waals surface area contributed by atoms with E-state index in [-0.39, 0.29) is 5.41 Å². The number of hydrogen-bond acceptors (Lipinski definition) is 0. The lowest BCUT2D eigenvalue weighted by Crippen LogP contribution is -2.29. The van der Waals surface area contributed by atoms with Crippen LogP contribution in [0.15, 0.2) is 133 Å². The maximum atomic E-state index is 2.61. The predicted molar refractivity (Wildman–Crippen MR) is 174 cm³/mol. The van der Waals surface area contributed by atoms with Gasteiger partial charge >= 0.3 is 0 Å². The average molecular weight is 536 g/mol. The first-order chi connectivity index (χ1) is 20.8. The fourth-order valence-electron chi connectivity index (χ4n) is 8.86. The summed E-state index contributed by atoms with van der Waals surface area (Å²) in [6.45, 7) is 0. The van der Waals surface area contributed by atoms with Gasteiger partial charge in [0.25, 0.3) is 0 Å². The standard InChI is InChI=1S/C41H29N/c1-4-10-26(11-5-1)29-16-18-36-33(22-29)34-23-31(27-12-6-2-7-13-27)24-35-40(34)42(36)37-19-17-32(28-14-8-3-9-15-28)38-30-20-21-41(35,25-30)39(37)38/h1-19,22-24,30H,20-21,25H2. The second-order valence-corrected chi connectivity index (χ2v) is 12.5. The minimum Gasteiger partial charge on any atom is -0.309 e. The highest BCUT2D eigenvalue weighted by atomic mass is 15.0. The van der Waals surface area contributed by atoms with Crippen molar-refractivity contribution in [3.05, 3.63) is 150 Å². The fourth-order valence-corrected chi connectivity index (χ4v) is 8.86. The van der Waals surface area contributed by atoms with E-state index < -0.39 is 0 Å². The smallest absolute Gasteiger partial charge is 0.0582 e. The summed E-state index contributed by atoms with van der Waals surface area (Å²) in [5.41, 5.74) is 16.9. The van der Waals surface area contributed by atoms with Crippen LogP contribution < -0.4 is 0 Å². The Labute approximate surface area is 245 Å². The molecular formula is C41H29N. The zero-order valence-corrected chi connectivity index (χ0v) is 23.3. The van der Waals surface area contributed by atoms with Gasteiger partial charge in [0.05, 0.1) is 16.7 Å². The topological polar surface area (TPSA) is 4.93 Å². The van der Waals surface area contributed by atoms with Gasteiger partial charge in [-0.25, -0.2) is 0 Å². The zero-order valence-electron chi connectivity index (χ0n) is 23.3. The van der Waals surface area contributed by atoms with Crippen molar-refractivity contribution in [2.24, 2.45) is 0 Å². The van der Waals surface area contributed by atoms with Gasteiger partial charge < -0.3 is 4.57 Å². The number of rotatable bonds is 3. The molecule has 2 unspecified atom stereocenters. The lowest BCUT2D eigenvalue weighted by atomic mass is 9.69. The molecule has 0 saturated heterocycles. The van der Waals surface area contributed by atoms with Crippen LogP contribution >= 0.6 is 0 Å². The Morgan fingerprint density at radius 1 is 0.571 bits per heavy atom. The van der Waals surface area contributed by atoms with Crippen LogP contribution in [0.5, 0.6) is 0 Å². The molecule has 1 spiro atoms. The summed E-state index contributed by atoms with van der Waals surface area (Å²) in [5, 5.41) is 2.72. The maximum absolute atomic E-state index is 2.61.